The molecule has 4 amide bonds. The number of ketones is 1. The first-order valence-corrected chi connectivity index (χ1v) is 51.2. The first-order valence-electron chi connectivity index (χ1n) is 49.2. The van der Waals surface area contributed by atoms with E-state index in [2.05, 4.69) is 134 Å². The minimum atomic E-state index is -1.97. The lowest BCUT2D eigenvalue weighted by Gasteiger charge is -2.32. The number of fused-ring (bicyclic) bond motifs is 8. The summed E-state index contributed by atoms with van der Waals surface area (Å²) in [5.41, 5.74) is 20.5. The van der Waals surface area contributed by atoms with Crippen LogP contribution in [0.2, 0.25) is 0 Å². The topological polar surface area (TPSA) is 322 Å². The van der Waals surface area contributed by atoms with Crippen LogP contribution in [0.1, 0.15) is 167 Å². The lowest BCUT2D eigenvalue weighted by Crippen LogP contribution is -2.41. The number of carbonyl (C=O) groups is 5. The maximum absolute atomic E-state index is 12.6. The predicted octanol–water partition coefficient (Wildman–Crippen LogP) is 14.2. The summed E-state index contributed by atoms with van der Waals surface area (Å²) in [4.78, 5) is 109. The third kappa shape index (κ3) is 18.1. The van der Waals surface area contributed by atoms with E-state index >= 15 is 0 Å². The van der Waals surface area contributed by atoms with E-state index in [1.165, 1.54) is 42.6 Å². The average Bonchev–Trinajstić information content (AvgIpc) is 1.60. The Kier molecular flexibility index (Phi) is 25.1. The summed E-state index contributed by atoms with van der Waals surface area (Å²) in [5, 5.41) is 24.7. The molecule has 139 heavy (non-hydrogen) atoms. The Morgan fingerprint density at radius 1 is 0.410 bits per heavy atom. The van der Waals surface area contributed by atoms with E-state index in [-0.39, 0.29) is 35.3 Å². The number of imidazole rings is 4. The van der Waals surface area contributed by atoms with E-state index in [4.69, 9.17) is 49.6 Å². The maximum Gasteiger partial charge on any atom is 0.222 e. The quantitative estimate of drug-likeness (QED) is 0.0604. The minimum Gasteiger partial charge on any atom is -0.378 e. The smallest absolute Gasteiger partial charge is 0.222 e. The molecule has 7 aliphatic heterocycles. The Hall–Kier alpha value is -13.9. The number of benzene rings is 4. The molecule has 33 nitrogen and oxygen atoms in total. The van der Waals surface area contributed by atoms with E-state index in [0.717, 1.165) is 249 Å². The van der Waals surface area contributed by atoms with Crippen molar-refractivity contribution in [3.8, 4) is 78.8 Å². The predicted molar refractivity (Wildman–Crippen MR) is 537 cm³/mol. The number of hydrogen-bond donors (Lipinski definition) is 0. The van der Waals surface area contributed by atoms with Crippen molar-refractivity contribution in [1.82, 2.24) is 112 Å². The summed E-state index contributed by atoms with van der Waals surface area (Å²) in [7, 11) is 5.76. The Morgan fingerprint density at radius 2 is 0.849 bits per heavy atom. The normalized spacial score (nSPS) is 18.1. The number of anilines is 2. The molecule has 4 aromatic carbocycles. The van der Waals surface area contributed by atoms with Crippen LogP contribution in [0, 0.1) is 0 Å². The van der Waals surface area contributed by atoms with Crippen molar-refractivity contribution in [3.05, 3.63) is 186 Å². The Labute approximate surface area is 807 Å². The fourth-order valence-electron chi connectivity index (χ4n) is 20.9. The molecule has 2 saturated carbocycles. The van der Waals surface area contributed by atoms with Gasteiger partial charge >= 0.3 is 0 Å². The van der Waals surface area contributed by atoms with E-state index in [0.29, 0.717) is 107 Å². The van der Waals surface area contributed by atoms with Gasteiger partial charge in [-0.1, -0.05) is 76.2 Å². The van der Waals surface area contributed by atoms with Crippen molar-refractivity contribution in [2.75, 3.05) is 100 Å². The molecule has 0 N–H and O–H groups in total. The fraction of sp³-hybridized carbons (Fsp3) is 0.419. The lowest BCUT2D eigenvalue weighted by molar-refractivity contribution is -0.133. The highest BCUT2D eigenvalue weighted by molar-refractivity contribution is 8.00. The van der Waals surface area contributed by atoms with Crippen molar-refractivity contribution in [2.45, 2.75) is 169 Å². The third-order valence-corrected chi connectivity index (χ3v) is 30.9. The number of ether oxygens (including phenoxy) is 2. The van der Waals surface area contributed by atoms with Gasteiger partial charge in [-0.05, 0) is 113 Å². The summed E-state index contributed by atoms with van der Waals surface area (Å²) >= 11 is 0. The van der Waals surface area contributed by atoms with Crippen LogP contribution in [0.5, 0.6) is 0 Å². The molecular weight excluding hydrogens is 1770 g/mol. The molecule has 0 spiro atoms. The van der Waals surface area contributed by atoms with E-state index in [1.807, 2.05) is 128 Å². The van der Waals surface area contributed by atoms with Gasteiger partial charge in [0.2, 0.25) is 29.6 Å². The molecule has 3 saturated heterocycles. The van der Waals surface area contributed by atoms with Crippen LogP contribution in [0.3, 0.4) is 0 Å². The third-order valence-electron chi connectivity index (χ3n) is 29.0. The lowest BCUT2D eigenvalue weighted by atomic mass is 10.0. The van der Waals surface area contributed by atoms with Gasteiger partial charge in [0, 0.05) is 260 Å². The van der Waals surface area contributed by atoms with Gasteiger partial charge in [0.1, 0.15) is 40.4 Å². The van der Waals surface area contributed by atoms with Gasteiger partial charge in [-0.15, -0.1) is 0 Å². The van der Waals surface area contributed by atoms with Crippen LogP contribution in [0.25, 0.3) is 122 Å². The zero-order valence-electron chi connectivity index (χ0n) is 80.7. The van der Waals surface area contributed by atoms with Gasteiger partial charge in [0.15, 0.2) is 5.78 Å². The van der Waals surface area contributed by atoms with E-state index in [9.17, 15) is 28.2 Å². The number of amides is 4. The summed E-state index contributed by atoms with van der Waals surface area (Å²) < 4.78 is 40.3. The standard InChI is InChI=1S/C29H29N5O2.C27H33N7O2S.C25H29N5O2.C24H28N8O2/c1-3-26(35)23-11-10-20(15-30-23)24-14-19-6-5-7-21(22(19)16-31-24)28-25-17-33(27(36)4-2)12-13-34(25)29(32-28)18-8-9-18;1-5-24(35)33-10-11-34-23(17-33)26(29-27(34)18-8-12-37(4,36)13-9-18)19-6-7-22-21(14-19)25(30-32(22)3)20-15-28-31(2)16-20;1-2-23(31)29-8-9-30-21(16-29)24(27-25(30)17-6-7-17)19-5-3-4-18-14-22(26-15-20(18)19)28-10-12-32-13-11-28;1-16(33)31-6-7-32-21(15-31)23(26-24(32)30-8-10-34-11-9-30)17-4-5-20-19(12-17)22(27-29(20)3)18-13-25-28(2)14-18/h5-7,10-11,14-16,18H,3-4,8-9,12-13,17H2,1-2H3;6-7,14-16,18H,4-5,8-13,17H2,1-3H3;3-5,14-15,17H,2,6-13,16H2,1H3;4-5,12-14H,6-11,15H2,1-3H3. The highest BCUT2D eigenvalue weighted by Crippen LogP contribution is 2.47. The first kappa shape index (κ1) is 91.5. The molecule has 15 aromatic rings. The SMILES string of the molecule is C=S1(=O)CCC(c2nc(-c3ccc4c(c3)c(-c3cnn(C)c3)nn4C)c3n2CCN(C(=O)CC)C3)CC1.CC(=O)N1CCn2c(N3CCOCC3)nc(-c3ccc4c(c3)c(-c3cnn(C)c3)nn4C)c2C1.CCC(=O)N1CCn2c(C3CC3)nc(-c3cccc4cc(N5CCOCC5)ncc34)c2C1.CCC(=O)c1ccc(-c2cc3cccc(-c4nc(C5CC5)n5c4CN(C(=O)CC)CC5)c3cn2)cn1. The average molecular weight is 1890 g/mol. The van der Waals surface area contributed by atoms with Gasteiger partial charge in [0.05, 0.1) is 127 Å². The molecule has 0 radical (unpaired) electrons. The summed E-state index contributed by atoms with van der Waals surface area (Å²) in [6.45, 7) is 23.9. The number of rotatable bonds is 17. The molecule has 18 heterocycles. The molecule has 11 aromatic heterocycles. The zero-order valence-corrected chi connectivity index (χ0v) is 81.5. The minimum absolute atomic E-state index is 0.0332. The monoisotopic (exact) mass is 1890 g/mol. The highest BCUT2D eigenvalue weighted by Gasteiger charge is 2.40. The van der Waals surface area contributed by atoms with E-state index in [1.54, 1.807) is 28.6 Å². The molecule has 0 unspecified atom stereocenters. The number of Topliss-reactive ketones (excluding diaryl/α,β-unsaturated/α-hetero) is 1. The van der Waals surface area contributed by atoms with Gasteiger partial charge in [-0.25, -0.2) is 24.9 Å². The molecule has 24 rings (SSSR count). The largest absolute Gasteiger partial charge is 0.378 e. The van der Waals surface area contributed by atoms with Crippen LogP contribution in [-0.2, 0) is 119 Å². The number of nitrogens with zero attached hydrogens (tertiary/aromatic N) is 25. The molecule has 2 aliphatic carbocycles. The summed E-state index contributed by atoms with van der Waals surface area (Å²) in [6, 6.07) is 33.3. The number of morpholine rings is 2. The number of carbonyl (C=O) groups excluding carboxylic acids is 5. The second-order valence-electron chi connectivity index (χ2n) is 38.0. The van der Waals surface area contributed by atoms with Crippen molar-refractivity contribution in [2.24, 2.45) is 28.2 Å². The number of aryl methyl sites for hydroxylation is 4. The molecule has 5 fully saturated rings. The van der Waals surface area contributed by atoms with Crippen LogP contribution in [-0.4, -0.2) is 242 Å². The van der Waals surface area contributed by atoms with E-state index < -0.39 is 9.52 Å². The van der Waals surface area contributed by atoms with Crippen molar-refractivity contribution < 1.29 is 37.7 Å². The van der Waals surface area contributed by atoms with Crippen LogP contribution >= 0.6 is 0 Å². The second-order valence-corrected chi connectivity index (χ2v) is 40.8. The van der Waals surface area contributed by atoms with Gasteiger partial charge in [-0.3, -0.25) is 56.9 Å². The molecule has 0 bridgehead atoms. The van der Waals surface area contributed by atoms with Gasteiger partial charge in [0.25, 0.3) is 0 Å². The van der Waals surface area contributed by atoms with Crippen LogP contribution in [0.4, 0.5) is 11.8 Å². The van der Waals surface area contributed by atoms with Gasteiger partial charge < -0.3 is 57.1 Å². The number of pyridine rings is 3. The van der Waals surface area contributed by atoms with Crippen molar-refractivity contribution in [3.63, 3.8) is 0 Å². The van der Waals surface area contributed by atoms with Crippen molar-refractivity contribution >= 4 is 99.9 Å². The van der Waals surface area contributed by atoms with Gasteiger partial charge in [-0.2, -0.15) is 20.4 Å². The first-order chi connectivity index (χ1) is 67.5. The Morgan fingerprint density at radius 3 is 1.32 bits per heavy atom. The maximum atomic E-state index is 12.6. The van der Waals surface area contributed by atoms with Crippen molar-refractivity contribution in [1.29, 1.82) is 0 Å². The molecule has 34 heteroatoms. The van der Waals surface area contributed by atoms with Crippen LogP contribution < -0.4 is 9.80 Å². The molecular formula is C105H119N25O8S. The number of hydrogen-bond acceptors (Lipinski definition) is 21. The Bertz CT molecular complexity index is 7400. The Balaban J connectivity index is 0.000000110. The molecule has 718 valence electrons. The number of aromatic nitrogens is 19. The summed E-state index contributed by atoms with van der Waals surface area (Å²) in [5.74, 6) is 12.7. The fourth-order valence-corrected chi connectivity index (χ4v) is 22.6. The molecule has 9 aliphatic rings. The highest BCUT2D eigenvalue weighted by atomic mass is 32.2. The second kappa shape index (κ2) is 38.1. The summed E-state index contributed by atoms with van der Waals surface area (Å²) in [6.07, 6.45) is 21.7. The molecule has 0 atom stereocenters. The van der Waals surface area contributed by atoms with Crippen LogP contribution in [0.15, 0.2) is 140 Å². The zero-order chi connectivity index (χ0) is 95.8.